The highest BCUT2D eigenvalue weighted by Crippen LogP contribution is 2.42. The molecule has 1 saturated carbocycles. The van der Waals surface area contributed by atoms with Gasteiger partial charge in [0.25, 0.3) is 0 Å². The maximum atomic E-state index is 14.3. The normalized spacial score (nSPS) is 25.7. The molecule has 0 aliphatic heterocycles. The summed E-state index contributed by atoms with van der Waals surface area (Å²) in [4.78, 5) is 26.0. The lowest BCUT2D eigenvalue weighted by Gasteiger charge is -2.33. The number of pyridine rings is 1. The number of hydrogen-bond acceptors (Lipinski definition) is 7. The van der Waals surface area contributed by atoms with Crippen molar-refractivity contribution in [2.75, 3.05) is 12.8 Å². The van der Waals surface area contributed by atoms with Crippen molar-refractivity contribution in [3.63, 3.8) is 0 Å². The zero-order valence-corrected chi connectivity index (χ0v) is 17.8. The van der Waals surface area contributed by atoms with Crippen molar-refractivity contribution in [3.8, 4) is 5.88 Å². The number of nitrogens with zero attached hydrogens (tertiary/aromatic N) is 3. The van der Waals surface area contributed by atoms with Crippen LogP contribution in [0.4, 0.5) is 10.3 Å². The molecule has 0 unspecified atom stereocenters. The fraction of sp³-hybridized carbons (Fsp3) is 0.478. The Hall–Kier alpha value is -2.87. The minimum Gasteiger partial charge on any atom is -0.479 e. The minimum absolute atomic E-state index is 0.0546. The number of methoxy groups -OCH3 is 1. The van der Waals surface area contributed by atoms with Gasteiger partial charge >= 0.3 is 0 Å². The van der Waals surface area contributed by atoms with Crippen molar-refractivity contribution < 1.29 is 19.0 Å². The van der Waals surface area contributed by atoms with Crippen LogP contribution in [0.5, 0.6) is 5.88 Å². The molecular formula is C23H27FN4O3. The third-order valence-electron chi connectivity index (χ3n) is 6.43. The summed E-state index contributed by atoms with van der Waals surface area (Å²) >= 11 is 0. The van der Waals surface area contributed by atoms with Crippen LogP contribution in [0, 0.1) is 18.7 Å². The van der Waals surface area contributed by atoms with E-state index in [1.165, 1.54) is 19.4 Å². The first kappa shape index (κ1) is 21.4. The van der Waals surface area contributed by atoms with Gasteiger partial charge in [-0.3, -0.25) is 4.79 Å². The molecule has 31 heavy (non-hydrogen) atoms. The molecule has 1 fully saturated rings. The van der Waals surface area contributed by atoms with E-state index in [2.05, 4.69) is 15.0 Å². The molecule has 4 rings (SSSR count). The summed E-state index contributed by atoms with van der Waals surface area (Å²) in [6.07, 6.45) is 7.13. The summed E-state index contributed by atoms with van der Waals surface area (Å²) in [5.74, 6) is -0.238. The molecule has 2 heterocycles. The van der Waals surface area contributed by atoms with Crippen LogP contribution in [0.25, 0.3) is 11.6 Å². The van der Waals surface area contributed by atoms with Gasteiger partial charge in [-0.05, 0) is 57.1 Å². The topological polar surface area (TPSA) is 111 Å². The first-order chi connectivity index (χ1) is 14.9. The average Bonchev–Trinajstić information content (AvgIpc) is 2.73. The van der Waals surface area contributed by atoms with E-state index in [0.717, 1.165) is 36.9 Å². The van der Waals surface area contributed by atoms with Crippen molar-refractivity contribution in [1.29, 1.82) is 0 Å². The van der Waals surface area contributed by atoms with Crippen molar-refractivity contribution in [2.45, 2.75) is 57.5 Å². The first-order valence-electron chi connectivity index (χ1n) is 10.6. The highest BCUT2D eigenvalue weighted by Gasteiger charge is 2.33. The zero-order chi connectivity index (χ0) is 22.1. The lowest BCUT2D eigenvalue weighted by Crippen LogP contribution is -2.26. The van der Waals surface area contributed by atoms with Gasteiger partial charge in [0.1, 0.15) is 0 Å². The van der Waals surface area contributed by atoms with Crippen LogP contribution >= 0.6 is 0 Å². The van der Waals surface area contributed by atoms with E-state index in [-0.39, 0.29) is 29.6 Å². The molecule has 3 N–H and O–H groups in total. The number of aliphatic hydroxyl groups excluding tert-OH is 1. The van der Waals surface area contributed by atoms with E-state index in [9.17, 15) is 14.3 Å². The lowest BCUT2D eigenvalue weighted by atomic mass is 9.73. The smallest absolute Gasteiger partial charge is 0.250 e. The van der Waals surface area contributed by atoms with Crippen LogP contribution in [-0.4, -0.2) is 39.1 Å². The van der Waals surface area contributed by atoms with Crippen LogP contribution < -0.4 is 10.5 Å². The van der Waals surface area contributed by atoms with Crippen LogP contribution in [0.3, 0.4) is 0 Å². The molecule has 2 aliphatic rings. The molecule has 0 bridgehead atoms. The third-order valence-corrected chi connectivity index (χ3v) is 6.43. The maximum Gasteiger partial charge on any atom is 0.250 e. The van der Waals surface area contributed by atoms with Crippen molar-refractivity contribution >= 4 is 23.4 Å². The number of nitrogen functional groups attached to an aromatic ring is 1. The van der Waals surface area contributed by atoms with E-state index in [1.54, 1.807) is 6.08 Å². The van der Waals surface area contributed by atoms with Gasteiger partial charge in [0.15, 0.2) is 11.6 Å². The van der Waals surface area contributed by atoms with Gasteiger partial charge in [0.05, 0.1) is 24.6 Å². The Labute approximate surface area is 180 Å². The van der Waals surface area contributed by atoms with Crippen molar-refractivity contribution in [2.24, 2.45) is 5.92 Å². The largest absolute Gasteiger partial charge is 0.479 e. The third kappa shape index (κ3) is 4.30. The lowest BCUT2D eigenvalue weighted by molar-refractivity contribution is -0.114. The number of Topliss-reactive ketones (excluding diaryl/α,β-unsaturated/α-hetero) is 1. The summed E-state index contributed by atoms with van der Waals surface area (Å²) in [5, 5.41) is 9.92. The van der Waals surface area contributed by atoms with Crippen LogP contribution in [-0.2, 0) is 4.79 Å². The Balaban J connectivity index is 1.82. The number of aliphatic hydroxyl groups is 1. The number of aromatic nitrogens is 3. The van der Waals surface area contributed by atoms with Gasteiger partial charge < -0.3 is 15.6 Å². The summed E-state index contributed by atoms with van der Waals surface area (Å²) in [7, 11) is 1.34. The number of carbonyl (C=O) groups excluding carboxylic acids is 1. The quantitative estimate of drug-likeness (QED) is 0.773. The highest BCUT2D eigenvalue weighted by molar-refractivity contribution is 6.25. The number of anilines is 1. The Morgan fingerprint density at radius 1 is 1.19 bits per heavy atom. The van der Waals surface area contributed by atoms with E-state index in [4.69, 9.17) is 10.5 Å². The highest BCUT2D eigenvalue weighted by atomic mass is 19.1. The summed E-state index contributed by atoms with van der Waals surface area (Å²) < 4.78 is 19.2. The van der Waals surface area contributed by atoms with Gasteiger partial charge in [-0.1, -0.05) is 0 Å². The van der Waals surface area contributed by atoms with Gasteiger partial charge in [0.2, 0.25) is 11.8 Å². The second-order valence-corrected chi connectivity index (χ2v) is 8.38. The number of halogens is 1. The molecule has 0 saturated heterocycles. The summed E-state index contributed by atoms with van der Waals surface area (Å²) in [6.45, 7) is 1.84. The Kier molecular flexibility index (Phi) is 6.00. The van der Waals surface area contributed by atoms with E-state index >= 15 is 0 Å². The monoisotopic (exact) mass is 426 g/mol. The predicted octanol–water partition coefficient (Wildman–Crippen LogP) is 3.45. The SMILES string of the molecule is COc1ncc(/C2=C/c3c(C)nc(N)nc3[C@@H](C3CCC(O)CC3)CCC2=O)cc1F. The van der Waals surface area contributed by atoms with Gasteiger partial charge in [0, 0.05) is 35.2 Å². The number of carbonyl (C=O) groups is 1. The molecule has 0 aromatic carbocycles. The molecule has 164 valence electrons. The number of nitrogens with two attached hydrogens (primary N) is 1. The van der Waals surface area contributed by atoms with Crippen molar-refractivity contribution in [1.82, 2.24) is 15.0 Å². The molecule has 2 aromatic rings. The number of fused-ring (bicyclic) bond motifs is 1. The zero-order valence-electron chi connectivity index (χ0n) is 17.8. The Morgan fingerprint density at radius 2 is 1.94 bits per heavy atom. The van der Waals surface area contributed by atoms with Crippen LogP contribution in [0.2, 0.25) is 0 Å². The van der Waals surface area contributed by atoms with E-state index in [1.807, 2.05) is 6.92 Å². The number of aryl methyl sites for hydroxylation is 1. The number of rotatable bonds is 3. The molecule has 0 radical (unpaired) electrons. The summed E-state index contributed by atoms with van der Waals surface area (Å²) in [6, 6.07) is 1.27. The fourth-order valence-electron chi connectivity index (χ4n) is 4.80. The summed E-state index contributed by atoms with van der Waals surface area (Å²) in [5.41, 5.74) is 9.02. The minimum atomic E-state index is -0.625. The van der Waals surface area contributed by atoms with Gasteiger partial charge in [-0.25, -0.2) is 19.3 Å². The second kappa shape index (κ2) is 8.70. The predicted molar refractivity (Wildman–Crippen MR) is 115 cm³/mol. The second-order valence-electron chi connectivity index (χ2n) is 8.38. The molecule has 2 aliphatic carbocycles. The van der Waals surface area contributed by atoms with Gasteiger partial charge in [-0.15, -0.1) is 0 Å². The molecular weight excluding hydrogens is 399 g/mol. The standard InChI is InChI=1S/C23H27FN4O3/c1-12-17-10-18(14-9-19(24)22(31-2)26-11-14)20(30)8-7-16(21(17)28-23(25)27-12)13-3-5-15(29)6-4-13/h9-11,13,15-16,29H,3-8H2,1-2H3,(H2,25,27,28)/b18-10-/t13?,15?,16-/m1/s1. The first-order valence-corrected chi connectivity index (χ1v) is 10.6. The number of ketones is 1. The van der Waals surface area contributed by atoms with E-state index < -0.39 is 5.82 Å². The molecule has 0 amide bonds. The number of allylic oxidation sites excluding steroid dienone is 1. The Morgan fingerprint density at radius 3 is 2.61 bits per heavy atom. The molecule has 8 heteroatoms. The molecule has 2 aromatic heterocycles. The fourth-order valence-corrected chi connectivity index (χ4v) is 4.80. The maximum absolute atomic E-state index is 14.3. The Bertz CT molecular complexity index is 1030. The molecule has 0 spiro atoms. The number of hydrogen-bond donors (Lipinski definition) is 2. The molecule has 1 atom stereocenters. The number of ether oxygens (including phenoxy) is 1. The van der Waals surface area contributed by atoms with Crippen LogP contribution in [0.1, 0.15) is 67.0 Å². The van der Waals surface area contributed by atoms with Gasteiger partial charge in [-0.2, -0.15) is 0 Å². The van der Waals surface area contributed by atoms with Crippen LogP contribution in [0.15, 0.2) is 12.3 Å². The molecule has 7 nitrogen and oxygen atoms in total. The average molecular weight is 426 g/mol. The van der Waals surface area contributed by atoms with Crippen molar-refractivity contribution in [3.05, 3.63) is 40.6 Å². The van der Waals surface area contributed by atoms with E-state index in [0.29, 0.717) is 35.6 Å².